The fourth-order valence-electron chi connectivity index (χ4n) is 2.70. The Kier molecular flexibility index (Phi) is 4.66. The Morgan fingerprint density at radius 3 is 2.46 bits per heavy atom. The summed E-state index contributed by atoms with van der Waals surface area (Å²) < 4.78 is 32.6. The van der Waals surface area contributed by atoms with Crippen molar-refractivity contribution >= 4 is 15.9 Å². The van der Waals surface area contributed by atoms with Crippen LogP contribution >= 0.6 is 0 Å². The van der Waals surface area contributed by atoms with E-state index in [1.54, 1.807) is 24.3 Å². The van der Waals surface area contributed by atoms with Gasteiger partial charge in [0.1, 0.15) is 6.10 Å². The van der Waals surface area contributed by atoms with E-state index in [2.05, 4.69) is 0 Å². The first-order valence-corrected chi connectivity index (χ1v) is 8.99. The minimum atomic E-state index is -3.76. The van der Waals surface area contributed by atoms with E-state index >= 15 is 0 Å². The summed E-state index contributed by atoms with van der Waals surface area (Å²) in [5.41, 5.74) is 6.69. The number of nitrogens with two attached hydrogens (primary N) is 1. The molecule has 1 aliphatic rings. The number of sulfonamides is 1. The normalized spacial score (nSPS) is 19.1. The van der Waals surface area contributed by atoms with Crippen molar-refractivity contribution in [1.82, 2.24) is 4.31 Å². The molecule has 2 N–H and O–H groups in total. The number of morpholine rings is 1. The Hall–Kier alpha value is -2.22. The van der Waals surface area contributed by atoms with Crippen molar-refractivity contribution in [1.29, 1.82) is 0 Å². The quantitative estimate of drug-likeness (QED) is 0.901. The number of carbonyl (C=O) groups is 1. The highest BCUT2D eigenvalue weighted by atomic mass is 32.2. The molecule has 6 nitrogen and oxygen atoms in total. The van der Waals surface area contributed by atoms with Crippen molar-refractivity contribution in [2.45, 2.75) is 11.0 Å². The molecular weight excluding hydrogens is 328 g/mol. The molecule has 2 aromatic rings. The van der Waals surface area contributed by atoms with Gasteiger partial charge in [0.2, 0.25) is 15.9 Å². The van der Waals surface area contributed by atoms with Gasteiger partial charge in [0, 0.05) is 18.7 Å². The topological polar surface area (TPSA) is 89.7 Å². The second kappa shape index (κ2) is 6.72. The Labute approximate surface area is 140 Å². The van der Waals surface area contributed by atoms with Crippen LogP contribution in [0.2, 0.25) is 0 Å². The highest BCUT2D eigenvalue weighted by Gasteiger charge is 2.34. The molecule has 1 saturated heterocycles. The minimum Gasteiger partial charge on any atom is -0.367 e. The summed E-state index contributed by atoms with van der Waals surface area (Å²) >= 11 is 0. The lowest BCUT2D eigenvalue weighted by Crippen LogP contribution is -2.50. The second-order valence-electron chi connectivity index (χ2n) is 5.49. The summed E-state index contributed by atoms with van der Waals surface area (Å²) in [6.07, 6.45) is -0.919. The van der Waals surface area contributed by atoms with E-state index < -0.39 is 22.0 Å². The highest BCUT2D eigenvalue weighted by Crippen LogP contribution is 2.30. The molecule has 0 spiro atoms. The Bertz CT molecular complexity index is 837. The zero-order valence-corrected chi connectivity index (χ0v) is 13.8. The molecule has 1 fully saturated rings. The number of amides is 1. The van der Waals surface area contributed by atoms with Crippen molar-refractivity contribution in [2.24, 2.45) is 5.73 Å². The number of hydrogen-bond donors (Lipinski definition) is 1. The smallest absolute Gasteiger partial charge is 0.247 e. The summed E-state index contributed by atoms with van der Waals surface area (Å²) in [5, 5.41) is 0. The first-order chi connectivity index (χ1) is 11.5. The number of benzene rings is 2. The number of carbonyl (C=O) groups excluding carboxylic acids is 1. The van der Waals surface area contributed by atoms with Crippen LogP contribution in [0.4, 0.5) is 0 Å². The van der Waals surface area contributed by atoms with Crippen LogP contribution in [0.5, 0.6) is 0 Å². The molecule has 0 saturated carbocycles. The van der Waals surface area contributed by atoms with Crippen molar-refractivity contribution in [2.75, 3.05) is 19.7 Å². The maximum Gasteiger partial charge on any atom is 0.247 e. The molecule has 0 bridgehead atoms. The third kappa shape index (κ3) is 3.19. The van der Waals surface area contributed by atoms with Crippen molar-refractivity contribution in [3.05, 3.63) is 54.6 Å². The van der Waals surface area contributed by atoms with E-state index in [0.29, 0.717) is 5.56 Å². The molecule has 0 aliphatic carbocycles. The van der Waals surface area contributed by atoms with E-state index in [0.717, 1.165) is 5.56 Å². The molecule has 1 aliphatic heterocycles. The average Bonchev–Trinajstić information content (AvgIpc) is 2.62. The molecule has 3 rings (SSSR count). The third-order valence-electron chi connectivity index (χ3n) is 3.94. The third-order valence-corrected chi connectivity index (χ3v) is 5.86. The number of hydrogen-bond acceptors (Lipinski definition) is 4. The lowest BCUT2D eigenvalue weighted by atomic mass is 10.1. The van der Waals surface area contributed by atoms with Crippen LogP contribution in [0, 0.1) is 0 Å². The van der Waals surface area contributed by atoms with Crippen molar-refractivity contribution in [3.8, 4) is 11.1 Å². The zero-order valence-electron chi connectivity index (χ0n) is 13.0. The Morgan fingerprint density at radius 2 is 1.75 bits per heavy atom. The fourth-order valence-corrected chi connectivity index (χ4v) is 4.34. The minimum absolute atomic E-state index is 0.0687. The second-order valence-corrected chi connectivity index (χ2v) is 7.39. The summed E-state index contributed by atoms with van der Waals surface area (Å²) in [4.78, 5) is 11.5. The van der Waals surface area contributed by atoms with Gasteiger partial charge in [-0.15, -0.1) is 0 Å². The number of ether oxygens (including phenoxy) is 1. The van der Waals surface area contributed by atoms with Gasteiger partial charge in [-0.2, -0.15) is 4.31 Å². The van der Waals surface area contributed by atoms with E-state index in [1.807, 2.05) is 30.3 Å². The van der Waals surface area contributed by atoms with Gasteiger partial charge in [-0.05, 0) is 11.6 Å². The van der Waals surface area contributed by atoms with Gasteiger partial charge in [0.15, 0.2) is 0 Å². The van der Waals surface area contributed by atoms with Crippen LogP contribution < -0.4 is 5.73 Å². The monoisotopic (exact) mass is 346 g/mol. The Morgan fingerprint density at radius 1 is 1.08 bits per heavy atom. The lowest BCUT2D eigenvalue weighted by molar-refractivity contribution is -0.132. The summed E-state index contributed by atoms with van der Waals surface area (Å²) in [6.45, 7) is 0.260. The predicted molar refractivity (Wildman–Crippen MR) is 89.6 cm³/mol. The van der Waals surface area contributed by atoms with Crippen LogP contribution in [-0.2, 0) is 19.6 Å². The molecule has 0 radical (unpaired) electrons. The molecule has 0 aromatic heterocycles. The van der Waals surface area contributed by atoms with Gasteiger partial charge in [0.05, 0.1) is 11.5 Å². The SMILES string of the molecule is NC(=O)[C@H]1CN(S(=O)(=O)c2ccccc2-c2ccccc2)CCO1. The summed E-state index contributed by atoms with van der Waals surface area (Å²) in [7, 11) is -3.76. The number of primary amides is 1. The van der Waals surface area contributed by atoms with Crippen LogP contribution in [-0.4, -0.2) is 44.4 Å². The predicted octanol–water partition coefficient (Wildman–Crippen LogP) is 1.23. The van der Waals surface area contributed by atoms with E-state index in [9.17, 15) is 13.2 Å². The molecule has 1 atom stereocenters. The molecule has 24 heavy (non-hydrogen) atoms. The van der Waals surface area contributed by atoms with Gasteiger partial charge < -0.3 is 10.5 Å². The van der Waals surface area contributed by atoms with E-state index in [4.69, 9.17) is 10.5 Å². The summed E-state index contributed by atoms with van der Waals surface area (Å²) in [6, 6.07) is 16.1. The van der Waals surface area contributed by atoms with Crippen LogP contribution in [0.25, 0.3) is 11.1 Å². The maximum absolute atomic E-state index is 13.1. The van der Waals surface area contributed by atoms with Gasteiger partial charge in [-0.25, -0.2) is 8.42 Å². The van der Waals surface area contributed by atoms with Gasteiger partial charge in [-0.1, -0.05) is 48.5 Å². The number of rotatable bonds is 4. The molecule has 0 unspecified atom stereocenters. The van der Waals surface area contributed by atoms with Crippen LogP contribution in [0.1, 0.15) is 0 Å². The molecule has 2 aromatic carbocycles. The van der Waals surface area contributed by atoms with Gasteiger partial charge >= 0.3 is 0 Å². The standard InChI is InChI=1S/C17H18N2O4S/c18-17(20)15-12-19(10-11-23-15)24(21,22)16-9-5-4-8-14(16)13-6-2-1-3-7-13/h1-9,15H,10-12H2,(H2,18,20)/t15-/m1/s1. The highest BCUT2D eigenvalue weighted by molar-refractivity contribution is 7.89. The van der Waals surface area contributed by atoms with Crippen LogP contribution in [0.3, 0.4) is 0 Å². The van der Waals surface area contributed by atoms with E-state index in [-0.39, 0.29) is 24.6 Å². The maximum atomic E-state index is 13.1. The van der Waals surface area contributed by atoms with Crippen molar-refractivity contribution in [3.63, 3.8) is 0 Å². The number of nitrogens with zero attached hydrogens (tertiary/aromatic N) is 1. The summed E-state index contributed by atoms with van der Waals surface area (Å²) in [5.74, 6) is -0.661. The molecule has 1 amide bonds. The molecule has 126 valence electrons. The van der Waals surface area contributed by atoms with Crippen molar-refractivity contribution < 1.29 is 17.9 Å². The van der Waals surface area contributed by atoms with Crippen LogP contribution in [0.15, 0.2) is 59.5 Å². The largest absolute Gasteiger partial charge is 0.367 e. The molecule has 1 heterocycles. The first-order valence-electron chi connectivity index (χ1n) is 7.55. The lowest BCUT2D eigenvalue weighted by Gasteiger charge is -2.31. The van der Waals surface area contributed by atoms with Gasteiger partial charge in [-0.3, -0.25) is 4.79 Å². The Balaban J connectivity index is 2.01. The molecule has 7 heteroatoms. The first kappa shape index (κ1) is 16.6. The van der Waals surface area contributed by atoms with E-state index in [1.165, 1.54) is 4.31 Å². The average molecular weight is 346 g/mol. The zero-order chi connectivity index (χ0) is 17.2. The fraction of sp³-hybridized carbons (Fsp3) is 0.235. The molecular formula is C17H18N2O4S. The van der Waals surface area contributed by atoms with Gasteiger partial charge in [0.25, 0.3) is 0 Å².